The van der Waals surface area contributed by atoms with Crippen molar-refractivity contribution in [1.82, 2.24) is 19.3 Å². The summed E-state index contributed by atoms with van der Waals surface area (Å²) in [6, 6.07) is 2.16. The van der Waals surface area contributed by atoms with Crippen LogP contribution in [-0.2, 0) is 20.0 Å². The molecule has 0 fully saturated rings. The first-order valence-corrected chi connectivity index (χ1v) is 8.00. The van der Waals surface area contributed by atoms with Gasteiger partial charge in [0.25, 0.3) is 0 Å². The van der Waals surface area contributed by atoms with Crippen molar-refractivity contribution in [3.63, 3.8) is 0 Å². The normalized spacial score (nSPS) is 13.2. The fourth-order valence-electron chi connectivity index (χ4n) is 2.55. The molecule has 0 N–H and O–H groups in total. The van der Waals surface area contributed by atoms with Gasteiger partial charge in [-0.25, -0.2) is 4.98 Å². The van der Waals surface area contributed by atoms with Crippen LogP contribution in [-0.4, -0.2) is 19.3 Å². The third-order valence-electron chi connectivity index (χ3n) is 3.48. The molecule has 1 atom stereocenters. The van der Waals surface area contributed by atoms with Crippen LogP contribution in [0.15, 0.2) is 16.8 Å². The van der Waals surface area contributed by atoms with Gasteiger partial charge in [0.2, 0.25) is 0 Å². The Balaban J connectivity index is 2.04. The van der Waals surface area contributed by atoms with Crippen LogP contribution in [0.5, 0.6) is 0 Å². The molecule has 0 aliphatic rings. The molecule has 4 nitrogen and oxygen atoms in total. The highest BCUT2D eigenvalue weighted by Crippen LogP contribution is 2.26. The van der Waals surface area contributed by atoms with Crippen LogP contribution in [0.2, 0.25) is 0 Å². The van der Waals surface area contributed by atoms with Crippen molar-refractivity contribution in [3.05, 3.63) is 33.9 Å². The molecule has 20 heavy (non-hydrogen) atoms. The molecule has 6 heteroatoms. The predicted molar refractivity (Wildman–Crippen MR) is 83.5 cm³/mol. The lowest BCUT2D eigenvalue weighted by Gasteiger charge is -2.10. The Hall–Kier alpha value is -1.33. The van der Waals surface area contributed by atoms with E-state index in [0.717, 1.165) is 35.6 Å². The van der Waals surface area contributed by atoms with E-state index in [1.54, 1.807) is 11.3 Å². The minimum Gasteiger partial charge on any atom is -0.311 e. The molecule has 0 aromatic carbocycles. The number of hydrogen-bond donors (Lipinski definition) is 0. The van der Waals surface area contributed by atoms with Crippen molar-refractivity contribution in [2.75, 3.05) is 0 Å². The molecular formula is C14H17ClN4S. The topological polar surface area (TPSA) is 35.6 Å². The van der Waals surface area contributed by atoms with E-state index < -0.39 is 0 Å². The summed E-state index contributed by atoms with van der Waals surface area (Å²) in [7, 11) is 1.96. The Bertz CT molecular complexity index is 724. The highest BCUT2D eigenvalue weighted by Gasteiger charge is 2.19. The van der Waals surface area contributed by atoms with Gasteiger partial charge in [0.05, 0.1) is 11.1 Å². The van der Waals surface area contributed by atoms with Crippen molar-refractivity contribution in [3.8, 4) is 0 Å². The second kappa shape index (κ2) is 5.22. The number of thiophene rings is 1. The molecule has 1 unspecified atom stereocenters. The minimum atomic E-state index is -0.107. The first-order chi connectivity index (χ1) is 9.58. The van der Waals surface area contributed by atoms with Crippen LogP contribution in [0.25, 0.3) is 11.2 Å². The monoisotopic (exact) mass is 308 g/mol. The number of imidazole rings is 1. The van der Waals surface area contributed by atoms with Crippen LogP contribution < -0.4 is 0 Å². The van der Waals surface area contributed by atoms with E-state index in [1.165, 1.54) is 5.56 Å². The predicted octanol–water partition coefficient (Wildman–Crippen LogP) is 3.68. The quantitative estimate of drug-likeness (QED) is 0.689. The number of alkyl halides is 1. The van der Waals surface area contributed by atoms with Gasteiger partial charge in [0, 0.05) is 13.6 Å². The zero-order chi connectivity index (χ0) is 14.3. The summed E-state index contributed by atoms with van der Waals surface area (Å²) in [4.78, 5) is 4.68. The summed E-state index contributed by atoms with van der Waals surface area (Å²) < 4.78 is 4.10. The summed E-state index contributed by atoms with van der Waals surface area (Å²) >= 11 is 8.02. The molecule has 3 rings (SSSR count). The molecule has 0 amide bonds. The maximum absolute atomic E-state index is 6.29. The molecule has 0 bridgehead atoms. The molecule has 0 aliphatic heterocycles. The number of rotatable bonds is 4. The van der Waals surface area contributed by atoms with Crippen molar-refractivity contribution in [2.45, 2.75) is 32.2 Å². The number of fused-ring (bicyclic) bond motifs is 1. The zero-order valence-corrected chi connectivity index (χ0v) is 13.4. The molecule has 3 aromatic rings. The van der Waals surface area contributed by atoms with Gasteiger partial charge in [-0.3, -0.25) is 4.68 Å². The van der Waals surface area contributed by atoms with Gasteiger partial charge in [-0.05, 0) is 42.7 Å². The van der Waals surface area contributed by atoms with Gasteiger partial charge in [0.1, 0.15) is 11.3 Å². The SMILES string of the molecule is Cc1nn(C)c2c1nc(C(C)Cl)n2CCc1ccsc1. The largest absolute Gasteiger partial charge is 0.311 e. The summed E-state index contributed by atoms with van der Waals surface area (Å²) in [6.07, 6.45) is 0.982. The number of aryl methyl sites for hydroxylation is 4. The summed E-state index contributed by atoms with van der Waals surface area (Å²) in [5, 5.41) is 8.64. The van der Waals surface area contributed by atoms with Gasteiger partial charge in [-0.1, -0.05) is 0 Å². The maximum atomic E-state index is 6.29. The van der Waals surface area contributed by atoms with E-state index in [1.807, 2.05) is 25.6 Å². The van der Waals surface area contributed by atoms with E-state index in [9.17, 15) is 0 Å². The third kappa shape index (κ3) is 2.25. The highest BCUT2D eigenvalue weighted by molar-refractivity contribution is 7.07. The molecule has 0 aliphatic carbocycles. The number of nitrogens with zero attached hydrogens (tertiary/aromatic N) is 4. The van der Waals surface area contributed by atoms with E-state index in [2.05, 4.69) is 31.5 Å². The first-order valence-electron chi connectivity index (χ1n) is 6.62. The summed E-state index contributed by atoms with van der Waals surface area (Å²) in [6.45, 7) is 4.83. The Labute approximate surface area is 127 Å². The first kappa shape index (κ1) is 13.6. The van der Waals surface area contributed by atoms with Gasteiger partial charge < -0.3 is 4.57 Å². The van der Waals surface area contributed by atoms with E-state index in [4.69, 9.17) is 11.6 Å². The van der Waals surface area contributed by atoms with Gasteiger partial charge in [-0.2, -0.15) is 16.4 Å². The van der Waals surface area contributed by atoms with Crippen LogP contribution >= 0.6 is 22.9 Å². The van der Waals surface area contributed by atoms with Crippen LogP contribution in [0, 0.1) is 6.92 Å². The summed E-state index contributed by atoms with van der Waals surface area (Å²) in [5.41, 5.74) is 4.32. The van der Waals surface area contributed by atoms with Gasteiger partial charge in [0.15, 0.2) is 5.65 Å². The highest BCUT2D eigenvalue weighted by atomic mass is 35.5. The van der Waals surface area contributed by atoms with Crippen molar-refractivity contribution in [1.29, 1.82) is 0 Å². The van der Waals surface area contributed by atoms with Crippen LogP contribution in [0.3, 0.4) is 0 Å². The van der Waals surface area contributed by atoms with Crippen molar-refractivity contribution < 1.29 is 0 Å². The lowest BCUT2D eigenvalue weighted by Crippen LogP contribution is -2.09. The molecule has 106 valence electrons. The maximum Gasteiger partial charge on any atom is 0.158 e. The Morgan fingerprint density at radius 2 is 2.25 bits per heavy atom. The zero-order valence-electron chi connectivity index (χ0n) is 11.8. The van der Waals surface area contributed by atoms with Gasteiger partial charge >= 0.3 is 0 Å². The van der Waals surface area contributed by atoms with E-state index in [-0.39, 0.29) is 5.38 Å². The Kier molecular flexibility index (Phi) is 3.56. The molecule has 0 spiro atoms. The number of aromatic nitrogens is 4. The average molecular weight is 309 g/mol. The van der Waals surface area contributed by atoms with Crippen LogP contribution in [0.1, 0.15) is 29.4 Å². The van der Waals surface area contributed by atoms with Crippen molar-refractivity contribution >= 4 is 34.1 Å². The lowest BCUT2D eigenvalue weighted by molar-refractivity contribution is 0.637. The smallest absolute Gasteiger partial charge is 0.158 e. The van der Waals surface area contributed by atoms with Crippen LogP contribution in [0.4, 0.5) is 0 Å². The van der Waals surface area contributed by atoms with Crippen molar-refractivity contribution in [2.24, 2.45) is 7.05 Å². The second-order valence-corrected chi connectivity index (χ2v) is 6.44. The third-order valence-corrected chi connectivity index (χ3v) is 4.41. The second-order valence-electron chi connectivity index (χ2n) is 5.00. The minimum absolute atomic E-state index is 0.107. The molecule has 0 radical (unpaired) electrons. The molecule has 3 heterocycles. The standard InChI is InChI=1S/C14H17ClN4S/c1-9(15)13-16-12-10(2)17-18(3)14(12)19(13)6-4-11-5-7-20-8-11/h5,7-9H,4,6H2,1-3H3. The molecule has 3 aromatic heterocycles. The summed E-state index contributed by atoms with van der Waals surface area (Å²) in [5.74, 6) is 0.924. The molecule has 0 saturated heterocycles. The Morgan fingerprint density at radius 1 is 1.45 bits per heavy atom. The lowest BCUT2D eigenvalue weighted by atomic mass is 10.2. The van der Waals surface area contributed by atoms with E-state index in [0.29, 0.717) is 0 Å². The van der Waals surface area contributed by atoms with Gasteiger partial charge in [-0.15, -0.1) is 11.6 Å². The van der Waals surface area contributed by atoms with E-state index >= 15 is 0 Å². The average Bonchev–Trinajstić information content (AvgIpc) is 3.07. The fraction of sp³-hybridized carbons (Fsp3) is 0.429. The number of hydrogen-bond acceptors (Lipinski definition) is 3. The molecule has 0 saturated carbocycles. The molecular weight excluding hydrogens is 292 g/mol. The fourth-order valence-corrected chi connectivity index (χ4v) is 3.42. The Morgan fingerprint density at radius 3 is 2.90 bits per heavy atom. The number of halogens is 1.